The third-order valence-corrected chi connectivity index (χ3v) is 6.56. The lowest BCUT2D eigenvalue weighted by Crippen LogP contribution is -2.36. The topological polar surface area (TPSA) is 142 Å². The molecule has 1 saturated heterocycles. The molecule has 2 aliphatic rings. The lowest BCUT2D eigenvalue weighted by Gasteiger charge is -2.31. The highest BCUT2D eigenvalue weighted by molar-refractivity contribution is 7.99. The molecule has 1 unspecified atom stereocenters. The van der Waals surface area contributed by atoms with Crippen molar-refractivity contribution >= 4 is 27.8 Å². The summed E-state index contributed by atoms with van der Waals surface area (Å²) in [4.78, 5) is 0. The van der Waals surface area contributed by atoms with Crippen molar-refractivity contribution in [3.05, 3.63) is 40.8 Å². The second-order valence-electron chi connectivity index (χ2n) is 6.09. The highest BCUT2D eigenvalue weighted by Gasteiger charge is 2.31. The van der Waals surface area contributed by atoms with Gasteiger partial charge in [-0.2, -0.15) is 13.1 Å². The summed E-state index contributed by atoms with van der Waals surface area (Å²) in [7, 11) is -3.44. The second-order valence-corrected chi connectivity index (χ2v) is 8.63. The Balaban J connectivity index is 1.43. The molecule has 0 amide bonds. The van der Waals surface area contributed by atoms with Crippen molar-refractivity contribution in [2.75, 3.05) is 12.3 Å². The van der Waals surface area contributed by atoms with E-state index in [2.05, 4.69) is 30.2 Å². The first kappa shape index (κ1) is 18.2. The maximum Gasteiger partial charge on any atom is 0.277 e. The molecule has 0 bridgehead atoms. The number of oxime groups is 1. The van der Waals surface area contributed by atoms with E-state index in [4.69, 9.17) is 4.63 Å². The van der Waals surface area contributed by atoms with Crippen molar-refractivity contribution in [2.45, 2.75) is 23.5 Å². The van der Waals surface area contributed by atoms with Gasteiger partial charge in [0.05, 0.1) is 6.04 Å². The highest BCUT2D eigenvalue weighted by atomic mass is 32.2. The molecule has 1 fully saturated rings. The molecule has 13 heteroatoms. The van der Waals surface area contributed by atoms with E-state index in [1.165, 1.54) is 23.9 Å². The molecule has 1 aromatic heterocycles. The van der Waals surface area contributed by atoms with E-state index in [0.717, 1.165) is 11.1 Å². The van der Waals surface area contributed by atoms with Gasteiger partial charge in [0.15, 0.2) is 16.6 Å². The number of nitrogens with one attached hydrogen (secondary N) is 3. The fraction of sp³-hybridized carbons (Fsp3) is 0.357. The van der Waals surface area contributed by atoms with Crippen LogP contribution in [0.5, 0.6) is 0 Å². The van der Waals surface area contributed by atoms with Gasteiger partial charge in [0.1, 0.15) is 5.82 Å². The smallest absolute Gasteiger partial charge is 0.277 e. The molecule has 0 saturated carbocycles. The van der Waals surface area contributed by atoms with Crippen LogP contribution < -0.4 is 14.8 Å². The number of fused-ring (bicyclic) bond motifs is 1. The molecule has 2 atom stereocenters. The van der Waals surface area contributed by atoms with Crippen molar-refractivity contribution < 1.29 is 22.6 Å². The molecule has 4 rings (SSSR count). The summed E-state index contributed by atoms with van der Waals surface area (Å²) in [6, 6.07) is 4.02. The van der Waals surface area contributed by atoms with Gasteiger partial charge in [-0.15, -0.1) is 0 Å². The van der Waals surface area contributed by atoms with E-state index in [-0.39, 0.29) is 36.0 Å². The first-order chi connectivity index (χ1) is 12.9. The molecular weight excluding hydrogens is 399 g/mol. The van der Waals surface area contributed by atoms with E-state index in [1.54, 1.807) is 6.07 Å². The maximum atomic E-state index is 13.4. The van der Waals surface area contributed by atoms with E-state index in [1.807, 2.05) is 0 Å². The number of benzene rings is 1. The fourth-order valence-electron chi connectivity index (χ4n) is 2.92. The lowest BCUT2D eigenvalue weighted by atomic mass is 9.83. The van der Waals surface area contributed by atoms with Gasteiger partial charge in [-0.3, -0.25) is 0 Å². The van der Waals surface area contributed by atoms with E-state index >= 15 is 0 Å². The summed E-state index contributed by atoms with van der Waals surface area (Å²) in [5, 5.41) is 23.5. The molecule has 0 radical (unpaired) electrons. The Hall–Kier alpha value is -2.22. The molecule has 1 aliphatic carbocycles. The molecule has 144 valence electrons. The average molecular weight is 414 g/mol. The summed E-state index contributed by atoms with van der Waals surface area (Å²) in [6.45, 7) is 0.263. The number of halogens is 1. The summed E-state index contributed by atoms with van der Waals surface area (Å²) in [5.74, 6) is 0.0855. The van der Waals surface area contributed by atoms with Gasteiger partial charge in [-0.25, -0.2) is 13.7 Å². The fourth-order valence-corrected chi connectivity index (χ4v) is 5.05. The van der Waals surface area contributed by atoms with Crippen LogP contribution in [0.4, 0.5) is 4.39 Å². The van der Waals surface area contributed by atoms with Crippen molar-refractivity contribution in [1.82, 2.24) is 25.1 Å². The Morgan fingerprint density at radius 1 is 1.48 bits per heavy atom. The molecule has 10 nitrogen and oxygen atoms in total. The number of aromatic nitrogens is 2. The first-order valence-corrected chi connectivity index (χ1v) is 10.4. The number of nitrogens with zero attached hydrogens (tertiary/aromatic N) is 3. The molecule has 1 aliphatic heterocycles. The van der Waals surface area contributed by atoms with Crippen molar-refractivity contribution in [3.63, 3.8) is 0 Å². The number of hydrogen-bond donors (Lipinski definition) is 4. The van der Waals surface area contributed by atoms with E-state index in [0.29, 0.717) is 17.2 Å². The SMILES string of the molecule is O=S1(=O)NC[C@H](CSc2nonc2/C(=N/O)NC2Cc3ccc(F)cc32)N1. The highest BCUT2D eigenvalue weighted by Crippen LogP contribution is 2.34. The number of thioether (sulfide) groups is 1. The van der Waals surface area contributed by atoms with Crippen LogP contribution in [0.25, 0.3) is 0 Å². The minimum atomic E-state index is -3.44. The van der Waals surface area contributed by atoms with Crippen LogP contribution in [0.3, 0.4) is 0 Å². The molecule has 2 heterocycles. The molecule has 27 heavy (non-hydrogen) atoms. The van der Waals surface area contributed by atoms with Gasteiger partial charge < -0.3 is 10.5 Å². The zero-order valence-corrected chi connectivity index (χ0v) is 15.3. The maximum absolute atomic E-state index is 13.4. The minimum absolute atomic E-state index is 0.0452. The largest absolute Gasteiger partial charge is 0.409 e. The summed E-state index contributed by atoms with van der Waals surface area (Å²) in [5.41, 5.74) is 1.99. The summed E-state index contributed by atoms with van der Waals surface area (Å²) >= 11 is 1.21. The standard InChI is InChI=1S/C14H15FN6O4S2/c15-8-2-1-7-3-11(10(7)4-8)17-13(18-22)12-14(20-25-19-12)26-6-9-5-16-27(23,24)21-9/h1-2,4,9,11,16,21-22H,3,5-6H2,(H,17,18)/t9-,11?/m1/s1. The van der Waals surface area contributed by atoms with E-state index in [9.17, 15) is 18.0 Å². The Morgan fingerprint density at radius 3 is 3.07 bits per heavy atom. The Bertz CT molecular complexity index is 995. The van der Waals surface area contributed by atoms with Crippen molar-refractivity contribution in [3.8, 4) is 0 Å². The zero-order valence-electron chi connectivity index (χ0n) is 13.7. The van der Waals surface area contributed by atoms with Gasteiger partial charge in [0, 0.05) is 18.3 Å². The van der Waals surface area contributed by atoms with Gasteiger partial charge in [0.25, 0.3) is 10.2 Å². The van der Waals surface area contributed by atoms with Crippen LogP contribution in [0, 0.1) is 5.82 Å². The third-order valence-electron chi connectivity index (χ3n) is 4.26. The van der Waals surface area contributed by atoms with Gasteiger partial charge in [0.2, 0.25) is 0 Å². The average Bonchev–Trinajstić information content (AvgIpc) is 3.22. The van der Waals surface area contributed by atoms with Crippen molar-refractivity contribution in [1.29, 1.82) is 0 Å². The quantitative estimate of drug-likeness (QED) is 0.178. The monoisotopic (exact) mass is 414 g/mol. The molecule has 2 aromatic rings. The Morgan fingerprint density at radius 2 is 2.33 bits per heavy atom. The molecular formula is C14H15FN6O4S2. The van der Waals surface area contributed by atoms with Crippen molar-refractivity contribution in [2.24, 2.45) is 5.16 Å². The number of amidine groups is 1. The second kappa shape index (κ2) is 7.07. The van der Waals surface area contributed by atoms with Gasteiger partial charge >= 0.3 is 0 Å². The Labute approximate surface area is 157 Å². The van der Waals surface area contributed by atoms with Crippen LogP contribution in [-0.4, -0.2) is 48.1 Å². The summed E-state index contributed by atoms with van der Waals surface area (Å²) in [6.07, 6.45) is 0.651. The predicted octanol–water partition coefficient (Wildman–Crippen LogP) is 0.130. The third kappa shape index (κ3) is 3.76. The molecule has 4 N–H and O–H groups in total. The van der Waals surface area contributed by atoms with Crippen LogP contribution in [0.2, 0.25) is 0 Å². The van der Waals surface area contributed by atoms with Crippen LogP contribution in [0.15, 0.2) is 33.0 Å². The Kier molecular flexibility index (Phi) is 4.75. The van der Waals surface area contributed by atoms with Gasteiger partial charge in [-0.05, 0) is 40.0 Å². The first-order valence-electron chi connectivity index (χ1n) is 7.95. The number of hydrogen-bond acceptors (Lipinski definition) is 8. The minimum Gasteiger partial charge on any atom is -0.409 e. The van der Waals surface area contributed by atoms with Gasteiger partial charge in [-0.1, -0.05) is 23.0 Å². The lowest BCUT2D eigenvalue weighted by molar-refractivity contribution is 0.296. The number of rotatable bonds is 5. The van der Waals surface area contributed by atoms with Crippen LogP contribution >= 0.6 is 11.8 Å². The molecule has 1 aromatic carbocycles. The van der Waals surface area contributed by atoms with E-state index < -0.39 is 10.2 Å². The predicted molar refractivity (Wildman–Crippen MR) is 93.2 cm³/mol. The zero-order chi connectivity index (χ0) is 19.0. The molecule has 0 spiro atoms. The van der Waals surface area contributed by atoms with Crippen LogP contribution in [0.1, 0.15) is 22.9 Å². The van der Waals surface area contributed by atoms with Crippen LogP contribution in [-0.2, 0) is 16.6 Å². The summed E-state index contributed by atoms with van der Waals surface area (Å²) < 4.78 is 45.7. The normalized spacial score (nSPS) is 23.7.